The van der Waals surface area contributed by atoms with Gasteiger partial charge in [-0.2, -0.15) is 5.10 Å². The van der Waals surface area contributed by atoms with Crippen molar-refractivity contribution in [1.82, 2.24) is 10.4 Å². The number of thioether (sulfide) groups is 1. The quantitative estimate of drug-likeness (QED) is 0.831. The van der Waals surface area contributed by atoms with Crippen molar-refractivity contribution in [2.75, 3.05) is 6.54 Å². The normalized spacial score (nSPS) is 18.9. The van der Waals surface area contributed by atoms with Gasteiger partial charge in [0.1, 0.15) is 5.04 Å². The molecule has 1 heterocycles. The first-order valence-corrected chi connectivity index (χ1v) is 7.51. The molecule has 0 aromatic heterocycles. The molecule has 0 fully saturated rings. The molecule has 1 aliphatic heterocycles. The van der Waals surface area contributed by atoms with E-state index in [4.69, 9.17) is 5.84 Å². The predicted octanol–water partition coefficient (Wildman–Crippen LogP) is 2.48. The molecule has 19 heavy (non-hydrogen) atoms. The van der Waals surface area contributed by atoms with Crippen LogP contribution >= 0.6 is 11.8 Å². The van der Waals surface area contributed by atoms with E-state index in [1.807, 2.05) is 0 Å². The van der Waals surface area contributed by atoms with Crippen molar-refractivity contribution >= 4 is 16.8 Å². The van der Waals surface area contributed by atoms with E-state index in [9.17, 15) is 0 Å². The van der Waals surface area contributed by atoms with Crippen molar-refractivity contribution in [3.8, 4) is 0 Å². The average molecular weight is 278 g/mol. The fourth-order valence-electron chi connectivity index (χ4n) is 2.37. The first-order chi connectivity index (χ1) is 9.02. The molecular weight excluding hydrogens is 256 g/mol. The van der Waals surface area contributed by atoms with Crippen molar-refractivity contribution in [3.63, 3.8) is 0 Å². The number of hydrogen-bond acceptors (Lipinski definition) is 5. The van der Waals surface area contributed by atoms with E-state index in [2.05, 4.69) is 50.2 Å². The zero-order chi connectivity index (χ0) is 14.0. The number of nitrogens with two attached hydrogens (primary N) is 1. The Labute approximate surface area is 119 Å². The fourth-order valence-corrected chi connectivity index (χ4v) is 3.52. The van der Waals surface area contributed by atoms with Gasteiger partial charge in [0.25, 0.3) is 0 Å². The maximum absolute atomic E-state index is 5.94. The van der Waals surface area contributed by atoms with E-state index in [0.29, 0.717) is 0 Å². The molecule has 1 aliphatic rings. The summed E-state index contributed by atoms with van der Waals surface area (Å²) in [5.41, 5.74) is 5.05. The first-order valence-electron chi connectivity index (χ1n) is 6.63. The zero-order valence-electron chi connectivity index (χ0n) is 12.0. The highest BCUT2D eigenvalue weighted by Gasteiger charge is 2.27. The number of nitrogens with one attached hydrogen (secondary N) is 1. The molecule has 0 radical (unpaired) electrons. The number of aryl methyl sites for hydroxylation is 3. The van der Waals surface area contributed by atoms with Crippen LogP contribution in [0.25, 0.3) is 0 Å². The minimum atomic E-state index is 0.0371. The van der Waals surface area contributed by atoms with Crippen LogP contribution in [-0.4, -0.2) is 22.2 Å². The molecule has 1 aromatic carbocycles. The third-order valence-corrected chi connectivity index (χ3v) is 4.24. The van der Waals surface area contributed by atoms with Crippen LogP contribution in [0.15, 0.2) is 17.2 Å². The van der Waals surface area contributed by atoms with Crippen molar-refractivity contribution in [2.24, 2.45) is 10.9 Å². The highest BCUT2D eigenvalue weighted by Crippen LogP contribution is 2.29. The number of rotatable bonds is 4. The van der Waals surface area contributed by atoms with Crippen LogP contribution in [0.1, 0.15) is 35.6 Å². The highest BCUT2D eigenvalue weighted by atomic mass is 32.2. The molecule has 5 heteroatoms. The van der Waals surface area contributed by atoms with Gasteiger partial charge in [-0.15, -0.1) is 0 Å². The Kier molecular flexibility index (Phi) is 4.50. The summed E-state index contributed by atoms with van der Waals surface area (Å²) in [7, 11) is 0. The Morgan fingerprint density at radius 2 is 1.95 bits per heavy atom. The van der Waals surface area contributed by atoms with Crippen LogP contribution in [0.2, 0.25) is 0 Å². The molecule has 0 saturated heterocycles. The van der Waals surface area contributed by atoms with Gasteiger partial charge < -0.3 is 0 Å². The number of nitrogens with zero attached hydrogens (tertiary/aromatic N) is 2. The fraction of sp³-hybridized carbons (Fsp3) is 0.500. The van der Waals surface area contributed by atoms with Gasteiger partial charge in [0.2, 0.25) is 0 Å². The summed E-state index contributed by atoms with van der Waals surface area (Å²) < 4.78 is 0. The molecule has 1 aromatic rings. The number of benzene rings is 1. The summed E-state index contributed by atoms with van der Waals surface area (Å²) in [6.45, 7) is 9.47. The van der Waals surface area contributed by atoms with E-state index in [1.54, 1.807) is 11.8 Å². The molecule has 1 unspecified atom stereocenters. The molecule has 1 atom stereocenters. The molecule has 0 saturated carbocycles. The molecule has 0 spiro atoms. The maximum atomic E-state index is 5.94. The number of hydrogen-bond donors (Lipinski definition) is 2. The summed E-state index contributed by atoms with van der Waals surface area (Å²) in [5.74, 6) is 5.94. The molecule has 2 rings (SSSR count). The lowest BCUT2D eigenvalue weighted by Gasteiger charge is -2.17. The monoisotopic (exact) mass is 278 g/mol. The Hall–Kier alpha value is -1.04. The lowest BCUT2D eigenvalue weighted by molar-refractivity contribution is 0.254. The van der Waals surface area contributed by atoms with Gasteiger partial charge >= 0.3 is 0 Å². The van der Waals surface area contributed by atoms with Gasteiger partial charge in [0, 0.05) is 5.56 Å². The van der Waals surface area contributed by atoms with Gasteiger partial charge in [0.05, 0.1) is 0 Å². The second-order valence-corrected chi connectivity index (χ2v) is 6.05. The lowest BCUT2D eigenvalue weighted by atomic mass is 10.0. The van der Waals surface area contributed by atoms with E-state index in [-0.39, 0.29) is 5.50 Å². The molecule has 0 amide bonds. The highest BCUT2D eigenvalue weighted by molar-refractivity contribution is 8.15. The van der Waals surface area contributed by atoms with Crippen LogP contribution in [-0.2, 0) is 0 Å². The van der Waals surface area contributed by atoms with Gasteiger partial charge in [0.15, 0.2) is 5.50 Å². The van der Waals surface area contributed by atoms with E-state index < -0.39 is 0 Å². The van der Waals surface area contributed by atoms with E-state index in [1.165, 1.54) is 27.4 Å². The van der Waals surface area contributed by atoms with Crippen molar-refractivity contribution in [3.05, 3.63) is 34.4 Å². The van der Waals surface area contributed by atoms with Gasteiger partial charge in [-0.3, -0.25) is 5.32 Å². The Bertz CT molecular complexity index is 475. The summed E-state index contributed by atoms with van der Waals surface area (Å²) in [6, 6.07) is 4.39. The molecule has 0 bridgehead atoms. The Morgan fingerprint density at radius 1 is 1.32 bits per heavy atom. The molecule has 104 valence electrons. The van der Waals surface area contributed by atoms with Crippen LogP contribution in [0.3, 0.4) is 0 Å². The Balaban J connectivity index is 2.22. The number of hydrazine groups is 1. The average Bonchev–Trinajstić information content (AvgIpc) is 2.66. The van der Waals surface area contributed by atoms with E-state index in [0.717, 1.165) is 18.0 Å². The molecule has 3 N–H and O–H groups in total. The largest absolute Gasteiger partial charge is 0.286 e. The Morgan fingerprint density at radius 3 is 2.53 bits per heavy atom. The van der Waals surface area contributed by atoms with Crippen molar-refractivity contribution in [2.45, 2.75) is 39.6 Å². The molecule has 0 aliphatic carbocycles. The lowest BCUT2D eigenvalue weighted by Crippen LogP contribution is -2.42. The smallest absolute Gasteiger partial charge is 0.166 e. The third-order valence-electron chi connectivity index (χ3n) is 3.13. The summed E-state index contributed by atoms with van der Waals surface area (Å²) in [5, 5.41) is 10.4. The summed E-state index contributed by atoms with van der Waals surface area (Å²) in [6.07, 6.45) is 1.09. The minimum absolute atomic E-state index is 0.0371. The van der Waals surface area contributed by atoms with Gasteiger partial charge in [-0.05, 0) is 44.9 Å². The van der Waals surface area contributed by atoms with Gasteiger partial charge in [-0.25, -0.2) is 11.0 Å². The van der Waals surface area contributed by atoms with E-state index >= 15 is 0 Å². The van der Waals surface area contributed by atoms with Gasteiger partial charge in [-0.1, -0.05) is 36.4 Å². The SMILES string of the molecule is CCCNC1SC(c2c(C)cc(C)cc2C)=NN1N. The summed E-state index contributed by atoms with van der Waals surface area (Å²) >= 11 is 1.69. The van der Waals surface area contributed by atoms with Crippen LogP contribution < -0.4 is 11.2 Å². The third kappa shape index (κ3) is 3.11. The maximum Gasteiger partial charge on any atom is 0.166 e. The topological polar surface area (TPSA) is 53.7 Å². The second kappa shape index (κ2) is 5.94. The predicted molar refractivity (Wildman–Crippen MR) is 82.9 cm³/mol. The summed E-state index contributed by atoms with van der Waals surface area (Å²) in [4.78, 5) is 0. The van der Waals surface area contributed by atoms with Crippen molar-refractivity contribution < 1.29 is 0 Å². The zero-order valence-corrected chi connectivity index (χ0v) is 12.8. The van der Waals surface area contributed by atoms with Crippen LogP contribution in [0, 0.1) is 20.8 Å². The standard InChI is InChI=1S/C14H22N4S/c1-5-6-16-14-18(15)17-13(19-14)12-10(3)7-9(2)8-11(12)4/h7-8,14,16H,5-6,15H2,1-4H3. The first kappa shape index (κ1) is 14.4. The van der Waals surface area contributed by atoms with Crippen LogP contribution in [0.4, 0.5) is 0 Å². The minimum Gasteiger partial charge on any atom is -0.286 e. The number of hydrazone groups is 1. The second-order valence-electron chi connectivity index (χ2n) is 4.98. The molecular formula is C14H22N4S. The molecule has 4 nitrogen and oxygen atoms in total. The van der Waals surface area contributed by atoms with Crippen LogP contribution in [0.5, 0.6) is 0 Å². The van der Waals surface area contributed by atoms with Crippen molar-refractivity contribution in [1.29, 1.82) is 0 Å².